The summed E-state index contributed by atoms with van der Waals surface area (Å²) in [7, 11) is 1.92. The molecule has 0 aliphatic rings. The van der Waals surface area contributed by atoms with Crippen molar-refractivity contribution >= 4 is 5.84 Å². The molecular formula is C10H19N5O. The van der Waals surface area contributed by atoms with Gasteiger partial charge in [0, 0.05) is 13.6 Å². The highest BCUT2D eigenvalue weighted by molar-refractivity contribution is 5.81. The molecule has 0 aromatic carbocycles. The van der Waals surface area contributed by atoms with E-state index < -0.39 is 0 Å². The first-order valence-electron chi connectivity index (χ1n) is 5.25. The summed E-state index contributed by atoms with van der Waals surface area (Å²) in [6.45, 7) is 6.03. The summed E-state index contributed by atoms with van der Waals surface area (Å²) < 4.78 is 1.85. The summed E-state index contributed by atoms with van der Waals surface area (Å²) in [6, 6.07) is 2.04. The molecule has 1 aromatic heterocycles. The van der Waals surface area contributed by atoms with Crippen LogP contribution in [-0.4, -0.2) is 38.8 Å². The van der Waals surface area contributed by atoms with Crippen LogP contribution in [0.2, 0.25) is 0 Å². The molecule has 3 N–H and O–H groups in total. The number of hydrogen-bond acceptors (Lipinski definition) is 4. The molecule has 16 heavy (non-hydrogen) atoms. The highest BCUT2D eigenvalue weighted by Gasteiger charge is 2.09. The minimum absolute atomic E-state index is 0.223. The molecule has 0 saturated heterocycles. The number of likely N-dealkylation sites (N-methyl/N-ethyl adjacent to an activating group) is 1. The first-order valence-corrected chi connectivity index (χ1v) is 5.25. The Kier molecular flexibility index (Phi) is 4.30. The Morgan fingerprint density at radius 2 is 2.38 bits per heavy atom. The Labute approximate surface area is 95.3 Å². The van der Waals surface area contributed by atoms with Gasteiger partial charge in [-0.15, -0.1) is 0 Å². The van der Waals surface area contributed by atoms with Gasteiger partial charge < -0.3 is 10.9 Å². The van der Waals surface area contributed by atoms with Crippen LogP contribution in [0.1, 0.15) is 18.3 Å². The summed E-state index contributed by atoms with van der Waals surface area (Å²) in [4.78, 5) is 2.07. The quantitative estimate of drug-likeness (QED) is 0.327. The highest BCUT2D eigenvalue weighted by Crippen LogP contribution is 2.05. The first kappa shape index (κ1) is 12.5. The lowest BCUT2D eigenvalue weighted by Crippen LogP contribution is -2.34. The van der Waals surface area contributed by atoms with Crippen molar-refractivity contribution in [2.24, 2.45) is 17.9 Å². The first-order chi connectivity index (χ1) is 7.56. The third-order valence-corrected chi connectivity index (χ3v) is 2.45. The van der Waals surface area contributed by atoms with Crippen LogP contribution in [0.25, 0.3) is 0 Å². The van der Waals surface area contributed by atoms with Crippen LogP contribution in [-0.2, 0) is 13.6 Å². The number of aryl methyl sites for hydroxylation is 2. The number of oxime groups is 1. The van der Waals surface area contributed by atoms with E-state index in [0.29, 0.717) is 6.54 Å². The average molecular weight is 225 g/mol. The van der Waals surface area contributed by atoms with E-state index in [4.69, 9.17) is 10.9 Å². The number of hydrogen-bond donors (Lipinski definition) is 2. The van der Waals surface area contributed by atoms with Gasteiger partial charge in [-0.2, -0.15) is 5.10 Å². The standard InChI is InChI=1S/C10H19N5O/c1-4-15(7-10(11)13-16)6-9-5-8(2)12-14(9)3/h5,16H,4,6-7H2,1-3H3,(H2,11,13). The zero-order valence-corrected chi connectivity index (χ0v) is 10.0. The van der Waals surface area contributed by atoms with Gasteiger partial charge in [0.1, 0.15) is 0 Å². The second-order valence-electron chi connectivity index (χ2n) is 3.80. The Morgan fingerprint density at radius 1 is 1.69 bits per heavy atom. The molecule has 0 amide bonds. The fourth-order valence-corrected chi connectivity index (χ4v) is 1.58. The van der Waals surface area contributed by atoms with Crippen molar-refractivity contribution in [1.82, 2.24) is 14.7 Å². The maximum absolute atomic E-state index is 8.52. The SMILES string of the molecule is CCN(CC(N)=NO)Cc1cc(C)nn1C. The van der Waals surface area contributed by atoms with Gasteiger partial charge in [0.2, 0.25) is 0 Å². The molecule has 0 spiro atoms. The van der Waals surface area contributed by atoms with E-state index in [1.54, 1.807) is 0 Å². The van der Waals surface area contributed by atoms with Gasteiger partial charge in [0.15, 0.2) is 5.84 Å². The van der Waals surface area contributed by atoms with Crippen molar-refractivity contribution in [3.63, 3.8) is 0 Å². The molecule has 0 fully saturated rings. The zero-order chi connectivity index (χ0) is 12.1. The van der Waals surface area contributed by atoms with E-state index in [1.165, 1.54) is 0 Å². The van der Waals surface area contributed by atoms with Gasteiger partial charge >= 0.3 is 0 Å². The fraction of sp³-hybridized carbons (Fsp3) is 0.600. The third-order valence-electron chi connectivity index (χ3n) is 2.45. The molecule has 0 saturated carbocycles. The summed E-state index contributed by atoms with van der Waals surface area (Å²) in [6.07, 6.45) is 0. The van der Waals surface area contributed by atoms with E-state index in [0.717, 1.165) is 24.5 Å². The Balaban J connectivity index is 2.66. The predicted octanol–water partition coefficient (Wildman–Crippen LogP) is 0.297. The maximum Gasteiger partial charge on any atom is 0.153 e. The highest BCUT2D eigenvalue weighted by atomic mass is 16.4. The molecule has 0 aliphatic carbocycles. The van der Waals surface area contributed by atoms with E-state index in [2.05, 4.69) is 15.2 Å². The Morgan fingerprint density at radius 3 is 2.81 bits per heavy atom. The third kappa shape index (κ3) is 3.23. The lowest BCUT2D eigenvalue weighted by atomic mass is 10.3. The van der Waals surface area contributed by atoms with Crippen molar-refractivity contribution in [2.75, 3.05) is 13.1 Å². The summed E-state index contributed by atoms with van der Waals surface area (Å²) in [5, 5.41) is 15.8. The molecule has 0 unspecified atom stereocenters. The minimum atomic E-state index is 0.223. The second kappa shape index (κ2) is 5.50. The molecule has 6 heteroatoms. The van der Waals surface area contributed by atoms with Crippen LogP contribution in [0.5, 0.6) is 0 Å². The van der Waals surface area contributed by atoms with E-state index in [1.807, 2.05) is 31.6 Å². The smallest absolute Gasteiger partial charge is 0.153 e. The molecule has 0 radical (unpaired) electrons. The van der Waals surface area contributed by atoms with Crippen LogP contribution in [0.4, 0.5) is 0 Å². The second-order valence-corrected chi connectivity index (χ2v) is 3.80. The van der Waals surface area contributed by atoms with Crippen LogP contribution >= 0.6 is 0 Å². The number of aromatic nitrogens is 2. The summed E-state index contributed by atoms with van der Waals surface area (Å²) in [5.41, 5.74) is 7.60. The molecule has 0 bridgehead atoms. The van der Waals surface area contributed by atoms with Crippen LogP contribution in [0.3, 0.4) is 0 Å². The minimum Gasteiger partial charge on any atom is -0.409 e. The largest absolute Gasteiger partial charge is 0.409 e. The van der Waals surface area contributed by atoms with Crippen LogP contribution < -0.4 is 5.73 Å². The number of nitrogens with zero attached hydrogens (tertiary/aromatic N) is 4. The fourth-order valence-electron chi connectivity index (χ4n) is 1.58. The molecule has 6 nitrogen and oxygen atoms in total. The predicted molar refractivity (Wildman–Crippen MR) is 62.3 cm³/mol. The maximum atomic E-state index is 8.52. The van der Waals surface area contributed by atoms with E-state index in [9.17, 15) is 0 Å². The van der Waals surface area contributed by atoms with Gasteiger partial charge in [-0.25, -0.2) is 0 Å². The van der Waals surface area contributed by atoms with Crippen molar-refractivity contribution in [2.45, 2.75) is 20.4 Å². The number of amidine groups is 1. The molecule has 1 aromatic rings. The topological polar surface area (TPSA) is 79.7 Å². The van der Waals surface area contributed by atoms with Crippen molar-refractivity contribution in [3.8, 4) is 0 Å². The normalized spacial score (nSPS) is 12.4. The van der Waals surface area contributed by atoms with Crippen LogP contribution in [0, 0.1) is 6.92 Å². The zero-order valence-electron chi connectivity index (χ0n) is 10.0. The van der Waals surface area contributed by atoms with Gasteiger partial charge in [-0.3, -0.25) is 9.58 Å². The molecule has 0 aliphatic heterocycles. The lowest BCUT2D eigenvalue weighted by Gasteiger charge is -2.19. The van der Waals surface area contributed by atoms with Gasteiger partial charge in [0.25, 0.3) is 0 Å². The lowest BCUT2D eigenvalue weighted by molar-refractivity contribution is 0.290. The molecule has 1 heterocycles. The average Bonchev–Trinajstić information content (AvgIpc) is 2.56. The van der Waals surface area contributed by atoms with Gasteiger partial charge in [0.05, 0.1) is 17.9 Å². The summed E-state index contributed by atoms with van der Waals surface area (Å²) >= 11 is 0. The van der Waals surface area contributed by atoms with Crippen molar-refractivity contribution in [3.05, 3.63) is 17.5 Å². The van der Waals surface area contributed by atoms with Gasteiger partial charge in [-0.1, -0.05) is 12.1 Å². The molecule has 0 atom stereocenters. The Hall–Kier alpha value is -1.56. The van der Waals surface area contributed by atoms with Crippen molar-refractivity contribution < 1.29 is 5.21 Å². The van der Waals surface area contributed by atoms with E-state index >= 15 is 0 Å². The Bertz CT molecular complexity index is 371. The molecule has 1 rings (SSSR count). The number of nitrogens with two attached hydrogens (primary N) is 1. The van der Waals surface area contributed by atoms with E-state index in [-0.39, 0.29) is 5.84 Å². The molecular weight excluding hydrogens is 206 g/mol. The van der Waals surface area contributed by atoms with Crippen molar-refractivity contribution in [1.29, 1.82) is 0 Å². The van der Waals surface area contributed by atoms with Crippen LogP contribution in [0.15, 0.2) is 11.2 Å². The molecule has 90 valence electrons. The summed E-state index contributed by atoms with van der Waals surface area (Å²) in [5.74, 6) is 0.223. The monoisotopic (exact) mass is 225 g/mol. The number of rotatable bonds is 5. The van der Waals surface area contributed by atoms with Gasteiger partial charge in [-0.05, 0) is 19.5 Å².